The van der Waals surface area contributed by atoms with Gasteiger partial charge >= 0.3 is 18.1 Å². The molecule has 0 unspecified atom stereocenters. The number of rotatable bonds is 2. The van der Waals surface area contributed by atoms with Crippen LogP contribution in [0.1, 0.15) is 12.8 Å². The minimum Gasteiger partial charge on any atom is -0.481 e. The third-order valence-electron chi connectivity index (χ3n) is 3.00. The number of carboxylic acid groups (broad SMARTS) is 1. The van der Waals surface area contributed by atoms with E-state index < -0.39 is 23.5 Å². The van der Waals surface area contributed by atoms with Gasteiger partial charge < -0.3 is 10.0 Å². The van der Waals surface area contributed by atoms with Crippen LogP contribution in [0.25, 0.3) is 0 Å². The van der Waals surface area contributed by atoms with Gasteiger partial charge in [-0.3, -0.25) is 9.59 Å². The van der Waals surface area contributed by atoms with Crippen LogP contribution in [-0.2, 0) is 9.59 Å². The summed E-state index contributed by atoms with van der Waals surface area (Å²) in [6, 6.07) is 0. The van der Waals surface area contributed by atoms with E-state index >= 15 is 0 Å². The molecular weight excluding hydrogens is 239 g/mol. The van der Waals surface area contributed by atoms with Crippen LogP contribution in [0.5, 0.6) is 0 Å². The van der Waals surface area contributed by atoms with Gasteiger partial charge in [0.1, 0.15) is 0 Å². The van der Waals surface area contributed by atoms with E-state index in [4.69, 9.17) is 5.11 Å². The van der Waals surface area contributed by atoms with Crippen LogP contribution in [0.2, 0.25) is 0 Å². The molecular formula is C10H12F3NO3. The third kappa shape index (κ3) is 2.59. The highest BCUT2D eigenvalue weighted by molar-refractivity contribution is 5.83. The molecule has 0 aliphatic carbocycles. The Labute approximate surface area is 95.7 Å². The fourth-order valence-electron chi connectivity index (χ4n) is 1.79. The van der Waals surface area contributed by atoms with E-state index in [2.05, 4.69) is 6.58 Å². The van der Waals surface area contributed by atoms with E-state index in [-0.39, 0.29) is 25.9 Å². The molecule has 7 heteroatoms. The first-order chi connectivity index (χ1) is 7.73. The quantitative estimate of drug-likeness (QED) is 0.755. The summed E-state index contributed by atoms with van der Waals surface area (Å²) in [4.78, 5) is 22.5. The van der Waals surface area contributed by atoms with Gasteiger partial charge in [-0.05, 0) is 12.8 Å². The fourth-order valence-corrected chi connectivity index (χ4v) is 1.79. The van der Waals surface area contributed by atoms with Crippen LogP contribution >= 0.6 is 0 Å². The lowest BCUT2D eigenvalue weighted by Gasteiger charge is -2.37. The molecule has 0 aromatic rings. The summed E-state index contributed by atoms with van der Waals surface area (Å²) in [5.41, 5.74) is -1.22. The number of halogens is 3. The van der Waals surface area contributed by atoms with Crippen molar-refractivity contribution in [2.45, 2.75) is 19.0 Å². The number of carbonyl (C=O) groups is 2. The SMILES string of the molecule is C=CC1(C(=O)O)CCN(C(=O)C(F)(F)F)CC1. The van der Waals surface area contributed by atoms with Crippen molar-refractivity contribution in [3.05, 3.63) is 12.7 Å². The highest BCUT2D eigenvalue weighted by Crippen LogP contribution is 2.34. The van der Waals surface area contributed by atoms with E-state index in [1.165, 1.54) is 6.08 Å². The molecule has 0 bridgehead atoms. The molecule has 1 fully saturated rings. The van der Waals surface area contributed by atoms with Crippen LogP contribution in [0.4, 0.5) is 13.2 Å². The Morgan fingerprint density at radius 1 is 1.29 bits per heavy atom. The van der Waals surface area contributed by atoms with Crippen LogP contribution in [0, 0.1) is 5.41 Å². The average molecular weight is 251 g/mol. The smallest absolute Gasteiger partial charge is 0.471 e. The number of hydrogen-bond acceptors (Lipinski definition) is 2. The lowest BCUT2D eigenvalue weighted by atomic mass is 9.78. The van der Waals surface area contributed by atoms with Gasteiger partial charge in [-0.1, -0.05) is 6.08 Å². The Balaban J connectivity index is 2.72. The van der Waals surface area contributed by atoms with E-state index in [1.807, 2.05) is 0 Å². The molecule has 0 saturated carbocycles. The second-order valence-electron chi connectivity index (χ2n) is 3.96. The summed E-state index contributed by atoms with van der Waals surface area (Å²) in [6.45, 7) is 2.94. The van der Waals surface area contributed by atoms with Gasteiger partial charge in [-0.2, -0.15) is 13.2 Å². The molecule has 1 aliphatic rings. The molecule has 1 rings (SSSR count). The Morgan fingerprint density at radius 3 is 2.06 bits per heavy atom. The number of nitrogens with zero attached hydrogens (tertiary/aromatic N) is 1. The van der Waals surface area contributed by atoms with E-state index in [9.17, 15) is 22.8 Å². The number of amides is 1. The number of carbonyl (C=O) groups excluding carboxylic acids is 1. The number of carboxylic acids is 1. The van der Waals surface area contributed by atoms with E-state index in [0.29, 0.717) is 4.90 Å². The van der Waals surface area contributed by atoms with Gasteiger partial charge in [-0.15, -0.1) is 6.58 Å². The molecule has 0 aromatic heterocycles. The van der Waals surface area contributed by atoms with Crippen molar-refractivity contribution in [2.75, 3.05) is 13.1 Å². The third-order valence-corrected chi connectivity index (χ3v) is 3.00. The van der Waals surface area contributed by atoms with Crippen LogP contribution in [-0.4, -0.2) is 41.1 Å². The predicted molar refractivity (Wildman–Crippen MR) is 52.1 cm³/mol. The van der Waals surface area contributed by atoms with Crippen molar-refractivity contribution in [1.82, 2.24) is 4.90 Å². The maximum Gasteiger partial charge on any atom is 0.471 e. The lowest BCUT2D eigenvalue weighted by molar-refractivity contribution is -0.187. The van der Waals surface area contributed by atoms with Crippen LogP contribution in [0.15, 0.2) is 12.7 Å². The summed E-state index contributed by atoms with van der Waals surface area (Å²) in [5, 5.41) is 8.98. The Kier molecular flexibility index (Phi) is 3.49. The Morgan fingerprint density at radius 2 is 1.76 bits per heavy atom. The minimum atomic E-state index is -4.91. The normalized spacial score (nSPS) is 19.8. The minimum absolute atomic E-state index is 0.0480. The number of piperidine rings is 1. The molecule has 1 N–H and O–H groups in total. The highest BCUT2D eigenvalue weighted by atomic mass is 19.4. The van der Waals surface area contributed by atoms with Gasteiger partial charge in [0, 0.05) is 13.1 Å². The summed E-state index contributed by atoms with van der Waals surface area (Å²) < 4.78 is 36.4. The second-order valence-corrected chi connectivity index (χ2v) is 3.96. The molecule has 0 spiro atoms. The maximum atomic E-state index is 12.1. The number of hydrogen-bond donors (Lipinski definition) is 1. The first kappa shape index (κ1) is 13.5. The summed E-state index contributed by atoms with van der Waals surface area (Å²) >= 11 is 0. The molecule has 1 amide bonds. The molecule has 0 radical (unpaired) electrons. The average Bonchev–Trinajstić information content (AvgIpc) is 2.26. The van der Waals surface area contributed by atoms with Crippen LogP contribution < -0.4 is 0 Å². The summed E-state index contributed by atoms with van der Waals surface area (Å²) in [5.74, 6) is -3.04. The second kappa shape index (κ2) is 4.38. The zero-order valence-electron chi connectivity index (χ0n) is 8.96. The molecule has 17 heavy (non-hydrogen) atoms. The molecule has 0 atom stereocenters. The van der Waals surface area contributed by atoms with E-state index in [1.54, 1.807) is 0 Å². The molecule has 96 valence electrons. The van der Waals surface area contributed by atoms with Gasteiger partial charge in [0.15, 0.2) is 0 Å². The van der Waals surface area contributed by atoms with Crippen molar-refractivity contribution < 1.29 is 27.9 Å². The van der Waals surface area contributed by atoms with Crippen LogP contribution in [0.3, 0.4) is 0 Å². The molecule has 1 saturated heterocycles. The zero-order chi connectivity index (χ0) is 13.3. The summed E-state index contributed by atoms with van der Waals surface area (Å²) in [6.07, 6.45) is -3.77. The molecule has 4 nitrogen and oxygen atoms in total. The first-order valence-corrected chi connectivity index (χ1v) is 4.96. The van der Waals surface area contributed by atoms with Crippen molar-refractivity contribution in [3.8, 4) is 0 Å². The maximum absolute atomic E-state index is 12.1. The van der Waals surface area contributed by atoms with Crippen molar-refractivity contribution in [3.63, 3.8) is 0 Å². The summed E-state index contributed by atoms with van der Waals surface area (Å²) in [7, 11) is 0. The predicted octanol–water partition coefficient (Wildman–Crippen LogP) is 1.43. The largest absolute Gasteiger partial charge is 0.481 e. The molecule has 1 aliphatic heterocycles. The highest BCUT2D eigenvalue weighted by Gasteiger charge is 2.46. The van der Waals surface area contributed by atoms with Crippen molar-refractivity contribution in [1.29, 1.82) is 0 Å². The number of aliphatic carboxylic acids is 1. The standard InChI is InChI=1S/C10H12F3NO3/c1-2-9(8(16)17)3-5-14(6-4-9)7(15)10(11,12)13/h2H,1,3-6H2,(H,16,17). The Bertz CT molecular complexity index is 343. The monoisotopic (exact) mass is 251 g/mol. The van der Waals surface area contributed by atoms with Gasteiger partial charge in [0.25, 0.3) is 0 Å². The van der Waals surface area contributed by atoms with E-state index in [0.717, 1.165) is 0 Å². The first-order valence-electron chi connectivity index (χ1n) is 4.96. The molecule has 1 heterocycles. The van der Waals surface area contributed by atoms with Gasteiger partial charge in [0.05, 0.1) is 5.41 Å². The van der Waals surface area contributed by atoms with Gasteiger partial charge in [-0.25, -0.2) is 0 Å². The number of alkyl halides is 3. The lowest BCUT2D eigenvalue weighted by Crippen LogP contribution is -2.49. The van der Waals surface area contributed by atoms with Crippen molar-refractivity contribution >= 4 is 11.9 Å². The zero-order valence-corrected chi connectivity index (χ0v) is 8.96. The number of likely N-dealkylation sites (tertiary alicyclic amines) is 1. The van der Waals surface area contributed by atoms with Crippen molar-refractivity contribution in [2.24, 2.45) is 5.41 Å². The Hall–Kier alpha value is -1.53. The molecule has 0 aromatic carbocycles. The fraction of sp³-hybridized carbons (Fsp3) is 0.600. The van der Waals surface area contributed by atoms with Gasteiger partial charge in [0.2, 0.25) is 0 Å². The topological polar surface area (TPSA) is 57.6 Å².